The van der Waals surface area contributed by atoms with Gasteiger partial charge < -0.3 is 0 Å². The van der Waals surface area contributed by atoms with E-state index in [2.05, 4.69) is 175 Å². The lowest BCUT2D eigenvalue weighted by atomic mass is 9.82. The minimum Gasteiger partial charge on any atom is -0.254 e. The van der Waals surface area contributed by atoms with E-state index < -0.39 is 0 Å². The lowest BCUT2D eigenvalue weighted by molar-refractivity contribution is 1.37. The molecule has 0 unspecified atom stereocenters. The highest BCUT2D eigenvalue weighted by Crippen LogP contribution is 2.58. The van der Waals surface area contributed by atoms with Crippen LogP contribution in [0.25, 0.3) is 110 Å². The fourth-order valence-electron chi connectivity index (χ4n) is 8.57. The third-order valence-corrected chi connectivity index (χ3v) is 10.8. The number of hydrogen-bond acceptors (Lipinski definition) is 2. The van der Waals surface area contributed by atoms with Crippen LogP contribution < -0.4 is 0 Å². The molecule has 0 bridgehead atoms. The molecule has 2 heterocycles. The molecule has 0 spiro atoms. The van der Waals surface area contributed by atoms with Crippen molar-refractivity contribution in [2.45, 2.75) is 0 Å². The number of pyridine rings is 2. The third kappa shape index (κ3) is 4.25. The molecule has 11 rings (SSSR count). The summed E-state index contributed by atoms with van der Waals surface area (Å²) < 4.78 is 0. The summed E-state index contributed by atoms with van der Waals surface area (Å²) in [7, 11) is 0. The van der Waals surface area contributed by atoms with Crippen LogP contribution in [-0.2, 0) is 0 Å². The summed E-state index contributed by atoms with van der Waals surface area (Å²) >= 11 is 0. The summed E-state index contributed by atoms with van der Waals surface area (Å²) in [5, 5.41) is 7.33. The first-order valence-corrected chi connectivity index (χ1v) is 17.8. The van der Waals surface area contributed by atoms with Gasteiger partial charge in [-0.2, -0.15) is 0 Å². The van der Waals surface area contributed by atoms with Crippen LogP contribution in [0.5, 0.6) is 0 Å². The van der Waals surface area contributed by atoms with E-state index in [9.17, 15) is 0 Å². The maximum Gasteiger partial charge on any atom is 0.0972 e. The van der Waals surface area contributed by atoms with E-state index in [1.165, 1.54) is 77.2 Å². The van der Waals surface area contributed by atoms with Gasteiger partial charge in [-0.3, -0.25) is 4.98 Å². The molecule has 0 radical (unpaired) electrons. The molecule has 2 heteroatoms. The molecule has 0 fully saturated rings. The van der Waals surface area contributed by atoms with E-state index in [4.69, 9.17) is 4.98 Å². The molecular formula is C50H30N2. The second kappa shape index (κ2) is 11.3. The lowest BCUT2D eigenvalue weighted by Crippen LogP contribution is -1.93. The van der Waals surface area contributed by atoms with Gasteiger partial charge in [-0.1, -0.05) is 164 Å². The van der Waals surface area contributed by atoms with Gasteiger partial charge in [0.15, 0.2) is 0 Å². The standard InChI is InChI=1S/C50H30N2/c1-3-11-33(12-4-1)44-39-16-7-8-17-40(39)45(34-13-5-2-6-14-34)48-42-28-27-37(38-18-9-19-41(46(38)42)47(44)48)31-20-22-32(23-21-31)43-29-26-36-25-24-35-15-10-30-51-49(35)50(36)52-43/h1-30H. The number of rotatable bonds is 4. The van der Waals surface area contributed by atoms with Crippen LogP contribution in [0.3, 0.4) is 0 Å². The zero-order valence-electron chi connectivity index (χ0n) is 28.2. The van der Waals surface area contributed by atoms with Crippen LogP contribution in [0.15, 0.2) is 182 Å². The molecule has 0 saturated heterocycles. The van der Waals surface area contributed by atoms with Crippen molar-refractivity contribution in [3.05, 3.63) is 182 Å². The smallest absolute Gasteiger partial charge is 0.0972 e. The molecule has 2 nitrogen and oxygen atoms in total. The fourth-order valence-corrected chi connectivity index (χ4v) is 8.57. The molecule has 8 aromatic carbocycles. The molecule has 1 aliphatic rings. The summed E-state index contributed by atoms with van der Waals surface area (Å²) in [6, 6.07) is 63.8. The van der Waals surface area contributed by atoms with Gasteiger partial charge in [-0.15, -0.1) is 0 Å². The normalized spacial score (nSPS) is 11.8. The highest BCUT2D eigenvalue weighted by atomic mass is 14.7. The molecule has 10 aromatic rings. The highest BCUT2D eigenvalue weighted by molar-refractivity contribution is 6.28. The number of benzene rings is 8. The first kappa shape index (κ1) is 28.9. The van der Waals surface area contributed by atoms with Gasteiger partial charge >= 0.3 is 0 Å². The monoisotopic (exact) mass is 658 g/mol. The van der Waals surface area contributed by atoms with Crippen LogP contribution in [0.4, 0.5) is 0 Å². The van der Waals surface area contributed by atoms with Crippen LogP contribution >= 0.6 is 0 Å². The second-order valence-corrected chi connectivity index (χ2v) is 13.7. The van der Waals surface area contributed by atoms with E-state index in [0.29, 0.717) is 0 Å². The van der Waals surface area contributed by atoms with Crippen molar-refractivity contribution < 1.29 is 0 Å². The number of aromatic nitrogens is 2. The van der Waals surface area contributed by atoms with Crippen molar-refractivity contribution in [3.8, 4) is 66.9 Å². The van der Waals surface area contributed by atoms with Gasteiger partial charge in [0.05, 0.1) is 16.7 Å². The largest absolute Gasteiger partial charge is 0.254 e. The van der Waals surface area contributed by atoms with E-state index in [-0.39, 0.29) is 0 Å². The molecule has 2 aromatic heterocycles. The Morgan fingerprint density at radius 2 is 0.865 bits per heavy atom. The number of nitrogens with zero attached hydrogens (tertiary/aromatic N) is 2. The van der Waals surface area contributed by atoms with Crippen molar-refractivity contribution in [3.63, 3.8) is 0 Å². The van der Waals surface area contributed by atoms with Crippen molar-refractivity contribution in [1.82, 2.24) is 9.97 Å². The molecular weight excluding hydrogens is 629 g/mol. The zero-order chi connectivity index (χ0) is 34.2. The summed E-state index contributed by atoms with van der Waals surface area (Å²) in [5.41, 5.74) is 16.6. The molecule has 1 aliphatic carbocycles. The predicted octanol–water partition coefficient (Wildman–Crippen LogP) is 13.4. The molecule has 0 N–H and O–H groups in total. The SMILES string of the molecule is c1ccc(-c2c3c(c(-c4ccccc4)c4ccccc24)-c2ccc(-c4ccc(-c5ccc6ccc7cccnc7c6n5)cc4)c4cccc-3c24)cc1. The Labute approximate surface area is 301 Å². The zero-order valence-corrected chi connectivity index (χ0v) is 28.2. The summed E-state index contributed by atoms with van der Waals surface area (Å²) in [5.74, 6) is 0. The van der Waals surface area contributed by atoms with Gasteiger partial charge in [0, 0.05) is 22.5 Å². The quantitative estimate of drug-likeness (QED) is 0.176. The Bertz CT molecular complexity index is 2940. The number of fused-ring (bicyclic) bond motifs is 7. The highest BCUT2D eigenvalue weighted by Gasteiger charge is 2.31. The summed E-state index contributed by atoms with van der Waals surface area (Å²) in [4.78, 5) is 9.77. The number of hydrogen-bond donors (Lipinski definition) is 0. The molecule has 0 atom stereocenters. The van der Waals surface area contributed by atoms with E-state index in [1.54, 1.807) is 0 Å². The van der Waals surface area contributed by atoms with Crippen LogP contribution in [0, 0.1) is 0 Å². The summed E-state index contributed by atoms with van der Waals surface area (Å²) in [6.07, 6.45) is 1.84. The van der Waals surface area contributed by atoms with Gasteiger partial charge in [0.2, 0.25) is 0 Å². The van der Waals surface area contributed by atoms with E-state index >= 15 is 0 Å². The van der Waals surface area contributed by atoms with Gasteiger partial charge in [-0.25, -0.2) is 4.98 Å². The maximum atomic E-state index is 5.11. The molecule has 52 heavy (non-hydrogen) atoms. The van der Waals surface area contributed by atoms with Crippen molar-refractivity contribution in [2.75, 3.05) is 0 Å². The first-order chi connectivity index (χ1) is 25.8. The first-order valence-electron chi connectivity index (χ1n) is 17.8. The van der Waals surface area contributed by atoms with Gasteiger partial charge in [0.25, 0.3) is 0 Å². The van der Waals surface area contributed by atoms with Crippen molar-refractivity contribution in [2.24, 2.45) is 0 Å². The maximum absolute atomic E-state index is 5.11. The Hall–Kier alpha value is -6.90. The molecule has 0 saturated carbocycles. The topological polar surface area (TPSA) is 25.8 Å². The predicted molar refractivity (Wildman–Crippen MR) is 218 cm³/mol. The Morgan fingerprint density at radius 1 is 0.308 bits per heavy atom. The van der Waals surface area contributed by atoms with Gasteiger partial charge in [-0.05, 0) is 89.3 Å². The molecule has 0 amide bonds. The van der Waals surface area contributed by atoms with Crippen molar-refractivity contribution in [1.29, 1.82) is 0 Å². The average Bonchev–Trinajstić information content (AvgIpc) is 3.55. The summed E-state index contributed by atoms with van der Waals surface area (Å²) in [6.45, 7) is 0. The molecule has 240 valence electrons. The fraction of sp³-hybridized carbons (Fsp3) is 0. The Morgan fingerprint density at radius 3 is 1.56 bits per heavy atom. The van der Waals surface area contributed by atoms with E-state index in [0.717, 1.165) is 33.1 Å². The van der Waals surface area contributed by atoms with Crippen LogP contribution in [-0.4, -0.2) is 9.97 Å². The third-order valence-electron chi connectivity index (χ3n) is 10.8. The lowest BCUT2D eigenvalue weighted by Gasteiger charge is -2.20. The Balaban J connectivity index is 1.11. The van der Waals surface area contributed by atoms with Gasteiger partial charge in [0.1, 0.15) is 0 Å². The Kier molecular flexibility index (Phi) is 6.28. The van der Waals surface area contributed by atoms with Crippen LogP contribution in [0.2, 0.25) is 0 Å². The minimum absolute atomic E-state index is 0.934. The molecule has 0 aliphatic heterocycles. The average molecular weight is 659 g/mol. The van der Waals surface area contributed by atoms with Crippen molar-refractivity contribution >= 4 is 43.4 Å². The van der Waals surface area contributed by atoms with Crippen LogP contribution in [0.1, 0.15) is 0 Å². The minimum atomic E-state index is 0.934. The van der Waals surface area contributed by atoms with E-state index in [1.807, 2.05) is 12.3 Å². The second-order valence-electron chi connectivity index (χ2n) is 13.7.